The van der Waals surface area contributed by atoms with Gasteiger partial charge in [0.15, 0.2) is 0 Å². The van der Waals surface area contributed by atoms with Crippen LogP contribution in [0.25, 0.3) is 0 Å². The van der Waals surface area contributed by atoms with Crippen LogP contribution in [-0.2, 0) is 6.51 Å². The first-order valence-corrected chi connectivity index (χ1v) is 22.1. The van der Waals surface area contributed by atoms with Crippen molar-refractivity contribution >= 4 is 39.0 Å². The van der Waals surface area contributed by atoms with E-state index in [2.05, 4.69) is 83.1 Å². The summed E-state index contributed by atoms with van der Waals surface area (Å²) < 4.78 is 1.56. The molecule has 10 rings (SSSR count). The predicted molar refractivity (Wildman–Crippen MR) is 138 cm³/mol. The number of hydrogen-bond donors (Lipinski definition) is 0. The van der Waals surface area contributed by atoms with E-state index < -0.39 is 6.51 Å². The number of hydrogen-bond acceptors (Lipinski definition) is 0. The Morgan fingerprint density at radius 1 is 0.581 bits per heavy atom. The van der Waals surface area contributed by atoms with E-state index in [9.17, 15) is 0 Å². The molecule has 0 aliphatic carbocycles. The SMILES string of the molecule is CC(C)(C)P(C(C)(C)C)[C]12[CH]3[CH]4[CH]5[CH]1[Fe]45321678[CH]2[CH]1[C]6(P(C(C)(C)C)C(C)(C)C)[C]7(Cl)[C]28Cl. The normalized spacial score (nSPS) is 80.8. The Kier molecular flexibility index (Phi) is 1.34. The fourth-order valence-electron chi connectivity index (χ4n) is 21.6. The molecular weight excluding hydrogens is 501 g/mol. The zero-order valence-corrected chi connectivity index (χ0v) is 25.9. The summed E-state index contributed by atoms with van der Waals surface area (Å²) >= 11 is 16.6. The van der Waals surface area contributed by atoms with Crippen LogP contribution in [0, 0.1) is 0 Å². The van der Waals surface area contributed by atoms with Gasteiger partial charge >= 0.3 is 194 Å². The van der Waals surface area contributed by atoms with Gasteiger partial charge in [0.05, 0.1) is 0 Å². The Morgan fingerprint density at radius 2 is 0.968 bits per heavy atom. The van der Waals surface area contributed by atoms with Gasteiger partial charge in [0.1, 0.15) is 0 Å². The molecule has 9 unspecified atom stereocenters. The van der Waals surface area contributed by atoms with Crippen LogP contribution in [0.2, 0.25) is 28.9 Å². The van der Waals surface area contributed by atoms with E-state index in [4.69, 9.17) is 23.2 Å². The van der Waals surface area contributed by atoms with Gasteiger partial charge in [0.25, 0.3) is 0 Å². The topological polar surface area (TPSA) is 0 Å². The van der Waals surface area contributed by atoms with Crippen LogP contribution in [0.3, 0.4) is 0 Å². The van der Waals surface area contributed by atoms with Gasteiger partial charge in [-0.25, -0.2) is 0 Å². The molecule has 10 saturated heterocycles. The third kappa shape index (κ3) is 0.337. The van der Waals surface area contributed by atoms with Crippen molar-refractivity contribution in [1.29, 1.82) is 0 Å². The van der Waals surface area contributed by atoms with Crippen molar-refractivity contribution in [2.24, 2.45) is 0 Å². The average Bonchev–Trinajstić information content (AvgIpc) is 3.45. The molecule has 5 heteroatoms. The molecule has 0 aromatic heterocycles. The molecule has 31 heavy (non-hydrogen) atoms. The first-order chi connectivity index (χ1) is 13.4. The molecule has 0 radical (unpaired) electrons. The molecule has 10 aliphatic heterocycles. The number of halogens is 2. The summed E-state index contributed by atoms with van der Waals surface area (Å²) in [7, 11) is -0.286. The third-order valence-corrected chi connectivity index (χ3v) is 83.5. The van der Waals surface area contributed by atoms with E-state index in [0.29, 0.717) is 28.7 Å². The first-order valence-electron chi connectivity index (χ1n) is 12.6. The molecule has 0 aromatic rings. The van der Waals surface area contributed by atoms with E-state index in [1.807, 2.05) is 0 Å². The molecule has 10 fully saturated rings. The summed E-state index contributed by atoms with van der Waals surface area (Å²) in [5.74, 6) is 0. The van der Waals surface area contributed by atoms with Gasteiger partial charge in [-0.15, -0.1) is 0 Å². The van der Waals surface area contributed by atoms with Gasteiger partial charge < -0.3 is 0 Å². The van der Waals surface area contributed by atoms with E-state index in [1.165, 1.54) is 0 Å². The fraction of sp³-hybridized carbons (Fsp3) is 1.00. The van der Waals surface area contributed by atoms with Crippen LogP contribution in [0.5, 0.6) is 0 Å². The Bertz CT molecular complexity index is 1500. The molecule has 0 nitrogen and oxygen atoms in total. The second-order valence-corrected chi connectivity index (χ2v) is 52.3. The van der Waals surface area contributed by atoms with Crippen molar-refractivity contribution in [3.05, 3.63) is 0 Å². The molecule has 0 N–H and O–H groups in total. The Morgan fingerprint density at radius 3 is 1.19 bits per heavy atom. The quantitative estimate of drug-likeness (QED) is 0.185. The molecule has 1 spiro atoms. The van der Waals surface area contributed by atoms with Gasteiger partial charge in [-0.2, -0.15) is 0 Å². The minimum absolute atomic E-state index is 0.111. The van der Waals surface area contributed by atoms with Crippen LogP contribution in [0.15, 0.2) is 0 Å². The number of fused-ring (bicyclic) bond motifs is 10. The van der Waals surface area contributed by atoms with Crippen molar-refractivity contribution in [3.8, 4) is 0 Å². The van der Waals surface area contributed by atoms with Crippen molar-refractivity contribution in [3.63, 3.8) is 0 Å². The Labute approximate surface area is 192 Å². The monoisotopic (exact) mass is 542 g/mol. The van der Waals surface area contributed by atoms with Gasteiger partial charge in [-0.3, -0.25) is 0 Å². The number of rotatable bonds is 2. The van der Waals surface area contributed by atoms with Crippen LogP contribution in [0.1, 0.15) is 83.1 Å². The molecule has 10 heterocycles. The summed E-state index contributed by atoms with van der Waals surface area (Å²) in [6.07, 6.45) is 0. The van der Waals surface area contributed by atoms with E-state index in [-0.39, 0.29) is 23.4 Å². The molecule has 9 atom stereocenters. The van der Waals surface area contributed by atoms with Crippen LogP contribution in [0.4, 0.5) is 0 Å². The van der Waals surface area contributed by atoms with Gasteiger partial charge in [0.2, 0.25) is 0 Å². The Balaban J connectivity index is 1.39. The second-order valence-electron chi connectivity index (χ2n) is 19.0. The molecule has 0 saturated carbocycles. The Hall–Kier alpha value is 1.96. The van der Waals surface area contributed by atoms with Crippen LogP contribution < -0.4 is 0 Å². The summed E-state index contributed by atoms with van der Waals surface area (Å²) in [4.78, 5) is 6.44. The zero-order chi connectivity index (χ0) is 22.9. The molecule has 0 amide bonds. The standard InChI is InChI=1S/C13H20Cl2P.C13H22P.Fe/c1-12(2,3)16(13(4,5)6)10-8-7-9(14)11(10)15;1-12(2,3)14(13(4,5)6)11-9-7-8-10-11;/h7-8H,1-6H3;7-10H,1-6H3;. The second kappa shape index (κ2) is 2.16. The average molecular weight is 543 g/mol. The number of alkyl halides is 2. The van der Waals surface area contributed by atoms with Crippen molar-refractivity contribution in [2.75, 3.05) is 0 Å². The van der Waals surface area contributed by atoms with Gasteiger partial charge in [0, 0.05) is 0 Å². The summed E-state index contributed by atoms with van der Waals surface area (Å²) in [5, 5.41) is 1.54. The van der Waals surface area contributed by atoms with E-state index >= 15 is 0 Å². The van der Waals surface area contributed by atoms with Crippen LogP contribution >= 0.6 is 39.0 Å². The fourth-order valence-corrected chi connectivity index (χ4v) is 145. The molecule has 0 aromatic carbocycles. The first kappa shape index (κ1) is 19.1. The predicted octanol–water partition coefficient (Wildman–Crippen LogP) is 9.64. The van der Waals surface area contributed by atoms with Crippen molar-refractivity contribution < 1.29 is 6.51 Å². The summed E-state index contributed by atoms with van der Waals surface area (Å²) in [6, 6.07) is 0. The molecule has 0 bridgehead atoms. The van der Waals surface area contributed by atoms with E-state index in [1.54, 1.807) is 0 Å². The van der Waals surface area contributed by atoms with Crippen molar-refractivity contribution in [2.45, 2.75) is 148 Å². The van der Waals surface area contributed by atoms with Gasteiger partial charge in [-0.05, 0) is 0 Å². The maximum absolute atomic E-state index is 8.42. The molecular formula is C26H42Cl2FeP2. The van der Waals surface area contributed by atoms with Crippen molar-refractivity contribution in [1.82, 2.24) is 0 Å². The molecule has 178 valence electrons. The van der Waals surface area contributed by atoms with Crippen LogP contribution in [-0.4, -0.2) is 36.3 Å². The maximum atomic E-state index is 8.42. The summed E-state index contributed by atoms with van der Waals surface area (Å²) in [6.45, 7) is 26.8. The zero-order valence-electron chi connectivity index (χ0n) is 21.5. The minimum atomic E-state index is -4.27. The summed E-state index contributed by atoms with van der Waals surface area (Å²) in [5.41, 5.74) is 0. The third-order valence-electron chi connectivity index (χ3n) is 18.0. The molecule has 10 aliphatic rings. The van der Waals surface area contributed by atoms with Gasteiger partial charge in [-0.1, -0.05) is 0 Å². The van der Waals surface area contributed by atoms with E-state index in [0.717, 1.165) is 28.9 Å².